The maximum Gasteiger partial charge on any atom is 0.298 e. The minimum atomic E-state index is -3.09. The maximum atomic E-state index is 13.1. The predicted octanol–water partition coefficient (Wildman–Crippen LogP) is 3.06. The highest BCUT2D eigenvalue weighted by Crippen LogP contribution is 2.33. The molecule has 0 unspecified atom stereocenters. The van der Waals surface area contributed by atoms with Gasteiger partial charge in [0.1, 0.15) is 11.6 Å². The van der Waals surface area contributed by atoms with Crippen molar-refractivity contribution in [1.82, 2.24) is 20.0 Å². The van der Waals surface area contributed by atoms with E-state index in [9.17, 15) is 18.0 Å². The van der Waals surface area contributed by atoms with Gasteiger partial charge in [0.15, 0.2) is 15.5 Å². The Kier molecular flexibility index (Phi) is 6.94. The number of carbonyl (C=O) groups excluding carboxylic acids is 2. The Balaban J connectivity index is 1.75. The molecule has 1 fully saturated rings. The summed E-state index contributed by atoms with van der Waals surface area (Å²) < 4.78 is 30.0. The predicted molar refractivity (Wildman–Crippen MR) is 128 cm³/mol. The van der Waals surface area contributed by atoms with Crippen LogP contribution in [-0.4, -0.2) is 60.0 Å². The van der Waals surface area contributed by atoms with Gasteiger partial charge >= 0.3 is 0 Å². The number of aromatic nitrogens is 2. The molecule has 9 nitrogen and oxygen atoms in total. The zero-order chi connectivity index (χ0) is 24.5. The molecule has 2 aromatic carbocycles. The molecule has 1 aliphatic heterocycles. The molecule has 1 saturated heterocycles. The zero-order valence-electron chi connectivity index (χ0n) is 18.0. The van der Waals surface area contributed by atoms with Gasteiger partial charge in [-0.15, -0.1) is 0 Å². The molecule has 0 bridgehead atoms. The monoisotopic (exact) mass is 522 g/mol. The fourth-order valence-electron chi connectivity index (χ4n) is 3.63. The lowest BCUT2D eigenvalue weighted by Crippen LogP contribution is -2.50. The molecule has 0 spiro atoms. The van der Waals surface area contributed by atoms with Crippen molar-refractivity contribution in [2.24, 2.45) is 0 Å². The minimum absolute atomic E-state index is 0.0262. The summed E-state index contributed by atoms with van der Waals surface area (Å²) in [7, 11) is -3.09. The van der Waals surface area contributed by atoms with Gasteiger partial charge in [-0.3, -0.25) is 19.6 Å². The van der Waals surface area contributed by atoms with Crippen molar-refractivity contribution in [1.29, 1.82) is 0 Å². The first kappa shape index (κ1) is 24.2. The van der Waals surface area contributed by atoms with Crippen LogP contribution in [0.15, 0.2) is 42.5 Å². The molecule has 4 rings (SSSR count). The first-order chi connectivity index (χ1) is 16.2. The number of halogens is 2. The van der Waals surface area contributed by atoms with E-state index < -0.39 is 15.7 Å². The van der Waals surface area contributed by atoms with E-state index in [-0.39, 0.29) is 30.3 Å². The average molecular weight is 523 g/mol. The number of rotatable bonds is 6. The summed E-state index contributed by atoms with van der Waals surface area (Å²) in [6.45, 7) is 2.47. The van der Waals surface area contributed by atoms with Gasteiger partial charge in [0.05, 0.1) is 22.2 Å². The van der Waals surface area contributed by atoms with Crippen LogP contribution in [0.5, 0.6) is 5.75 Å². The van der Waals surface area contributed by atoms with Gasteiger partial charge in [-0.05, 0) is 49.4 Å². The number of hydrogen-bond donors (Lipinski definition) is 1. The summed E-state index contributed by atoms with van der Waals surface area (Å²) in [6, 6.07) is 11.6. The summed E-state index contributed by atoms with van der Waals surface area (Å²) in [4.78, 5) is 28.3. The quantitative estimate of drug-likeness (QED) is 0.495. The fourth-order valence-corrected chi connectivity index (χ4v) is 5.33. The molecule has 1 N–H and O–H groups in total. The summed E-state index contributed by atoms with van der Waals surface area (Å²) in [5.41, 5.74) is 4.66. The van der Waals surface area contributed by atoms with Crippen LogP contribution >= 0.6 is 23.2 Å². The summed E-state index contributed by atoms with van der Waals surface area (Å²) in [5, 5.41) is 2.38. The van der Waals surface area contributed by atoms with Crippen LogP contribution in [0.2, 0.25) is 10.0 Å². The molecule has 0 aliphatic carbocycles. The van der Waals surface area contributed by atoms with Crippen LogP contribution in [0.3, 0.4) is 0 Å². The lowest BCUT2D eigenvalue weighted by atomic mass is 10.2. The molecule has 178 valence electrons. The lowest BCUT2D eigenvalue weighted by molar-refractivity contribution is -0.120. The second-order valence-electron chi connectivity index (χ2n) is 7.62. The van der Waals surface area contributed by atoms with Crippen molar-refractivity contribution in [3.63, 3.8) is 0 Å². The van der Waals surface area contributed by atoms with Crippen LogP contribution < -0.4 is 10.2 Å². The van der Waals surface area contributed by atoms with Gasteiger partial charge < -0.3 is 4.74 Å². The third-order valence-electron chi connectivity index (χ3n) is 5.38. The number of carbonyl (C=O) groups is 2. The number of hydrogen-bond acceptors (Lipinski definition) is 7. The number of ether oxygens (including phenoxy) is 1. The molecule has 34 heavy (non-hydrogen) atoms. The van der Waals surface area contributed by atoms with Crippen molar-refractivity contribution in [3.8, 4) is 22.8 Å². The second-order valence-corrected chi connectivity index (χ2v) is 10.8. The Hall–Kier alpha value is -2.92. The largest absolute Gasteiger partial charge is 0.429 e. The molecule has 12 heteroatoms. The smallest absolute Gasteiger partial charge is 0.298 e. The van der Waals surface area contributed by atoms with Gasteiger partial charge in [0.25, 0.3) is 12.4 Å². The highest BCUT2D eigenvalue weighted by molar-refractivity contribution is 7.91. The Morgan fingerprint density at radius 1 is 1.12 bits per heavy atom. The Bertz CT molecular complexity index is 1340. The Labute approximate surface area is 206 Å². The van der Waals surface area contributed by atoms with Crippen molar-refractivity contribution in [3.05, 3.63) is 63.9 Å². The van der Waals surface area contributed by atoms with E-state index in [1.165, 1.54) is 0 Å². The standard InChI is InChI=1S/C22H20Cl2N4O5S/c1-14-20(22(30)26-27-8-10-34(31,32)11-9-27)25-21(18-7-2-15(23)12-19(18)24)28(14)16-3-5-17(6-4-16)33-13-29/h2-7,12-13H,8-11H2,1H3,(H,26,30). The molecule has 2 heterocycles. The van der Waals surface area contributed by atoms with E-state index in [1.54, 1.807) is 59.0 Å². The number of hydrazine groups is 1. The number of nitrogens with one attached hydrogen (secondary N) is 1. The zero-order valence-corrected chi connectivity index (χ0v) is 20.3. The van der Waals surface area contributed by atoms with Crippen molar-refractivity contribution >= 4 is 45.4 Å². The van der Waals surface area contributed by atoms with Gasteiger partial charge in [-0.25, -0.2) is 18.4 Å². The molecule has 3 aromatic rings. The van der Waals surface area contributed by atoms with Crippen molar-refractivity contribution < 1.29 is 22.7 Å². The van der Waals surface area contributed by atoms with Gasteiger partial charge in [0.2, 0.25) is 0 Å². The van der Waals surface area contributed by atoms with Crippen molar-refractivity contribution in [2.45, 2.75) is 6.92 Å². The number of amides is 1. The number of imidazole rings is 1. The van der Waals surface area contributed by atoms with E-state index in [0.29, 0.717) is 45.0 Å². The van der Waals surface area contributed by atoms with E-state index >= 15 is 0 Å². The maximum absolute atomic E-state index is 13.1. The highest BCUT2D eigenvalue weighted by Gasteiger charge is 2.27. The average Bonchev–Trinajstić information content (AvgIpc) is 3.13. The van der Waals surface area contributed by atoms with E-state index in [2.05, 4.69) is 10.4 Å². The van der Waals surface area contributed by atoms with Gasteiger partial charge in [-0.1, -0.05) is 23.2 Å². The summed E-state index contributed by atoms with van der Waals surface area (Å²) in [5.74, 6) is 0.251. The van der Waals surface area contributed by atoms with Crippen LogP contribution in [0, 0.1) is 6.92 Å². The third-order valence-corrected chi connectivity index (χ3v) is 7.53. The first-order valence-electron chi connectivity index (χ1n) is 10.2. The SMILES string of the molecule is Cc1c(C(=O)NN2CCS(=O)(=O)CC2)nc(-c2ccc(Cl)cc2Cl)n1-c1ccc(OC=O)cc1. The molecule has 1 aliphatic rings. The Morgan fingerprint density at radius 3 is 2.41 bits per heavy atom. The minimum Gasteiger partial charge on any atom is -0.429 e. The normalized spacial score (nSPS) is 15.6. The van der Waals surface area contributed by atoms with E-state index in [1.807, 2.05) is 0 Å². The number of sulfone groups is 1. The first-order valence-corrected chi connectivity index (χ1v) is 12.8. The topological polar surface area (TPSA) is 111 Å². The number of benzene rings is 2. The van der Waals surface area contributed by atoms with Crippen LogP contribution in [0.4, 0.5) is 0 Å². The molecule has 0 radical (unpaired) electrons. The van der Waals surface area contributed by atoms with Crippen LogP contribution in [0.1, 0.15) is 16.2 Å². The molecular formula is C22H20Cl2N4O5S. The van der Waals surface area contributed by atoms with Crippen molar-refractivity contribution in [2.75, 3.05) is 24.6 Å². The molecule has 1 amide bonds. The van der Waals surface area contributed by atoms with E-state index in [4.69, 9.17) is 27.9 Å². The van der Waals surface area contributed by atoms with Crippen LogP contribution in [0.25, 0.3) is 17.1 Å². The molecular weight excluding hydrogens is 503 g/mol. The fraction of sp³-hybridized carbons (Fsp3) is 0.227. The third kappa shape index (κ3) is 5.10. The Morgan fingerprint density at radius 2 is 1.79 bits per heavy atom. The number of nitrogens with zero attached hydrogens (tertiary/aromatic N) is 3. The summed E-state index contributed by atoms with van der Waals surface area (Å²) >= 11 is 12.5. The van der Waals surface area contributed by atoms with Gasteiger partial charge in [-0.2, -0.15) is 0 Å². The molecule has 0 saturated carbocycles. The van der Waals surface area contributed by atoms with Crippen LogP contribution in [-0.2, 0) is 14.6 Å². The van der Waals surface area contributed by atoms with E-state index in [0.717, 1.165) is 0 Å². The lowest BCUT2D eigenvalue weighted by Gasteiger charge is -2.26. The highest BCUT2D eigenvalue weighted by atomic mass is 35.5. The summed E-state index contributed by atoms with van der Waals surface area (Å²) in [6.07, 6.45) is 0. The second kappa shape index (κ2) is 9.75. The molecule has 1 aromatic heterocycles. The van der Waals surface area contributed by atoms with Gasteiger partial charge in [0, 0.05) is 29.4 Å². The molecule has 0 atom stereocenters.